The van der Waals surface area contributed by atoms with E-state index >= 15 is 0 Å². The van der Waals surface area contributed by atoms with Gasteiger partial charge in [0.25, 0.3) is 10.0 Å². The highest BCUT2D eigenvalue weighted by atomic mass is 35.5. The van der Waals surface area contributed by atoms with Crippen molar-refractivity contribution in [1.29, 1.82) is 0 Å². The fraction of sp³-hybridized carbons (Fsp3) is 0.133. The fourth-order valence-corrected chi connectivity index (χ4v) is 4.14. The van der Waals surface area contributed by atoms with E-state index in [4.69, 9.17) is 33.0 Å². The molecule has 0 saturated carbocycles. The van der Waals surface area contributed by atoms with Crippen LogP contribution in [0.25, 0.3) is 0 Å². The average molecular weight is 390 g/mol. The van der Waals surface area contributed by atoms with Gasteiger partial charge in [-0.05, 0) is 30.3 Å². The number of carboxylic acids is 1. The Labute approximate surface area is 149 Å². The molecule has 24 heavy (non-hydrogen) atoms. The molecule has 6 nitrogen and oxygen atoms in total. The van der Waals surface area contributed by atoms with Crippen LogP contribution >= 0.6 is 23.2 Å². The normalized spacial score (nSPS) is 11.1. The van der Waals surface area contributed by atoms with Crippen molar-refractivity contribution in [2.24, 2.45) is 0 Å². The first-order chi connectivity index (χ1) is 11.3. The van der Waals surface area contributed by atoms with E-state index in [1.165, 1.54) is 37.4 Å². The highest BCUT2D eigenvalue weighted by molar-refractivity contribution is 7.93. The van der Waals surface area contributed by atoms with Gasteiger partial charge < -0.3 is 9.84 Å². The van der Waals surface area contributed by atoms with Crippen molar-refractivity contribution in [2.45, 2.75) is 4.90 Å². The lowest BCUT2D eigenvalue weighted by atomic mass is 10.3. The zero-order valence-corrected chi connectivity index (χ0v) is 14.8. The highest BCUT2D eigenvalue weighted by Crippen LogP contribution is 2.31. The summed E-state index contributed by atoms with van der Waals surface area (Å²) in [5.41, 5.74) is 0.132. The van der Waals surface area contributed by atoms with Crippen molar-refractivity contribution >= 4 is 44.9 Å². The number of rotatable bonds is 6. The molecule has 0 aromatic heterocycles. The summed E-state index contributed by atoms with van der Waals surface area (Å²) in [5, 5.41) is 9.22. The monoisotopic (exact) mass is 389 g/mol. The first-order valence-electron chi connectivity index (χ1n) is 6.59. The SMILES string of the molecule is COc1cccc(N(CC(=O)O)S(=O)(=O)c2cc(Cl)ccc2Cl)c1. The van der Waals surface area contributed by atoms with E-state index in [2.05, 4.69) is 0 Å². The second kappa shape index (κ2) is 7.29. The number of benzene rings is 2. The third kappa shape index (κ3) is 3.92. The molecule has 0 heterocycles. The summed E-state index contributed by atoms with van der Waals surface area (Å²) in [6, 6.07) is 9.99. The smallest absolute Gasteiger partial charge is 0.324 e. The Kier molecular flexibility index (Phi) is 5.58. The number of hydrogen-bond acceptors (Lipinski definition) is 4. The molecule has 0 radical (unpaired) electrons. The van der Waals surface area contributed by atoms with E-state index in [-0.39, 0.29) is 20.6 Å². The van der Waals surface area contributed by atoms with Gasteiger partial charge in [0, 0.05) is 11.1 Å². The first-order valence-corrected chi connectivity index (χ1v) is 8.79. The molecule has 0 unspecified atom stereocenters. The summed E-state index contributed by atoms with van der Waals surface area (Å²) in [5.74, 6) is -0.935. The maximum atomic E-state index is 12.9. The molecule has 0 bridgehead atoms. The molecule has 0 aliphatic rings. The van der Waals surface area contributed by atoms with E-state index < -0.39 is 22.5 Å². The number of aliphatic carboxylic acids is 1. The van der Waals surface area contributed by atoms with Crippen LogP contribution in [0.15, 0.2) is 47.4 Å². The van der Waals surface area contributed by atoms with Crippen molar-refractivity contribution in [3.63, 3.8) is 0 Å². The largest absolute Gasteiger partial charge is 0.497 e. The quantitative estimate of drug-likeness (QED) is 0.819. The number of sulfonamides is 1. The Morgan fingerprint density at radius 2 is 1.92 bits per heavy atom. The molecule has 128 valence electrons. The van der Waals surface area contributed by atoms with E-state index in [9.17, 15) is 13.2 Å². The minimum atomic E-state index is -4.25. The Morgan fingerprint density at radius 3 is 2.54 bits per heavy atom. The number of carboxylic acid groups (broad SMARTS) is 1. The zero-order chi connectivity index (χ0) is 17.9. The van der Waals surface area contributed by atoms with E-state index in [1.807, 2.05) is 0 Å². The van der Waals surface area contributed by atoms with Gasteiger partial charge in [0.1, 0.15) is 17.2 Å². The van der Waals surface area contributed by atoms with Gasteiger partial charge in [0.2, 0.25) is 0 Å². The molecular formula is C15H13Cl2NO5S. The molecule has 2 rings (SSSR count). The molecule has 0 atom stereocenters. The molecule has 0 spiro atoms. The average Bonchev–Trinajstić information content (AvgIpc) is 2.54. The Hall–Kier alpha value is -1.96. The van der Waals surface area contributed by atoms with Gasteiger partial charge in [-0.3, -0.25) is 9.10 Å². The van der Waals surface area contributed by atoms with E-state index in [0.717, 1.165) is 4.31 Å². The van der Waals surface area contributed by atoms with Gasteiger partial charge in [0.05, 0.1) is 17.8 Å². The predicted octanol–water partition coefficient (Wildman–Crippen LogP) is 3.28. The maximum absolute atomic E-state index is 12.9. The maximum Gasteiger partial charge on any atom is 0.324 e. The fourth-order valence-electron chi connectivity index (χ4n) is 2.00. The van der Waals surface area contributed by atoms with Gasteiger partial charge in [-0.25, -0.2) is 8.42 Å². The molecule has 0 aliphatic carbocycles. The molecular weight excluding hydrogens is 377 g/mol. The molecule has 0 aliphatic heterocycles. The summed E-state index contributed by atoms with van der Waals surface area (Å²) in [4.78, 5) is 10.9. The number of methoxy groups -OCH3 is 1. The topological polar surface area (TPSA) is 83.9 Å². The van der Waals surface area contributed by atoms with Gasteiger partial charge >= 0.3 is 5.97 Å². The van der Waals surface area contributed by atoms with Crippen LogP contribution < -0.4 is 9.04 Å². The number of ether oxygens (including phenoxy) is 1. The van der Waals surface area contributed by atoms with Crippen LogP contribution in [0.3, 0.4) is 0 Å². The van der Waals surface area contributed by atoms with Crippen LogP contribution in [-0.4, -0.2) is 33.1 Å². The molecule has 0 saturated heterocycles. The summed E-state index contributed by atoms with van der Waals surface area (Å²) in [6.07, 6.45) is 0. The van der Waals surface area contributed by atoms with Crippen LogP contribution in [0, 0.1) is 0 Å². The van der Waals surface area contributed by atoms with Crippen molar-refractivity contribution in [2.75, 3.05) is 18.0 Å². The number of carbonyl (C=O) groups is 1. The van der Waals surface area contributed by atoms with Gasteiger partial charge in [-0.15, -0.1) is 0 Å². The Bertz CT molecular complexity index is 870. The predicted molar refractivity (Wildman–Crippen MR) is 91.6 cm³/mol. The van der Waals surface area contributed by atoms with Crippen LogP contribution in [0.1, 0.15) is 0 Å². The third-order valence-electron chi connectivity index (χ3n) is 3.08. The first kappa shape index (κ1) is 18.4. The van der Waals surface area contributed by atoms with Crippen molar-refractivity contribution < 1.29 is 23.1 Å². The Balaban J connectivity index is 2.61. The van der Waals surface area contributed by atoms with Crippen LogP contribution in [0.5, 0.6) is 5.75 Å². The standard InChI is InChI=1S/C15H13Cl2NO5S/c1-23-12-4-2-3-11(8-12)18(9-15(19)20)24(21,22)14-7-10(16)5-6-13(14)17/h2-8H,9H2,1H3,(H,19,20). The van der Waals surface area contributed by atoms with Crippen LogP contribution in [-0.2, 0) is 14.8 Å². The van der Waals surface area contributed by atoms with Gasteiger partial charge in [-0.1, -0.05) is 29.3 Å². The summed E-state index contributed by atoms with van der Waals surface area (Å²) in [6.45, 7) is -0.779. The number of hydrogen-bond donors (Lipinski definition) is 1. The second-order valence-electron chi connectivity index (χ2n) is 4.68. The molecule has 1 N–H and O–H groups in total. The minimum Gasteiger partial charge on any atom is -0.497 e. The number of nitrogens with zero attached hydrogens (tertiary/aromatic N) is 1. The summed E-state index contributed by atoms with van der Waals surface area (Å²) >= 11 is 11.8. The van der Waals surface area contributed by atoms with E-state index in [1.54, 1.807) is 12.1 Å². The van der Waals surface area contributed by atoms with E-state index in [0.29, 0.717) is 5.75 Å². The summed E-state index contributed by atoms with van der Waals surface area (Å²) < 4.78 is 31.6. The molecule has 2 aromatic rings. The van der Waals surface area contributed by atoms with Crippen molar-refractivity contribution in [3.05, 3.63) is 52.5 Å². The lowest BCUT2D eigenvalue weighted by molar-refractivity contribution is -0.135. The van der Waals surface area contributed by atoms with Gasteiger partial charge in [-0.2, -0.15) is 0 Å². The number of anilines is 1. The van der Waals surface area contributed by atoms with Gasteiger partial charge in [0.15, 0.2) is 0 Å². The minimum absolute atomic E-state index is 0.0577. The molecule has 0 amide bonds. The third-order valence-corrected chi connectivity index (χ3v) is 5.57. The zero-order valence-electron chi connectivity index (χ0n) is 12.4. The molecule has 9 heteroatoms. The van der Waals surface area contributed by atoms with Crippen molar-refractivity contribution in [3.8, 4) is 5.75 Å². The highest BCUT2D eigenvalue weighted by Gasteiger charge is 2.29. The van der Waals surface area contributed by atoms with Crippen LogP contribution in [0.2, 0.25) is 10.0 Å². The molecule has 2 aromatic carbocycles. The van der Waals surface area contributed by atoms with Crippen molar-refractivity contribution in [1.82, 2.24) is 0 Å². The lowest BCUT2D eigenvalue weighted by Gasteiger charge is -2.23. The summed E-state index contributed by atoms with van der Waals surface area (Å²) in [7, 11) is -2.83. The lowest BCUT2D eigenvalue weighted by Crippen LogP contribution is -2.35. The van der Waals surface area contributed by atoms with Crippen LogP contribution in [0.4, 0.5) is 5.69 Å². The number of halogens is 2. The molecule has 0 fully saturated rings. The Morgan fingerprint density at radius 1 is 1.21 bits per heavy atom. The second-order valence-corrected chi connectivity index (χ2v) is 7.36.